The summed E-state index contributed by atoms with van der Waals surface area (Å²) in [5.74, 6) is -2.97. The number of carbonyl (C=O) groups excluding carboxylic acids is 1. The molecule has 2 atom stereocenters. The molecule has 0 spiro atoms. The van der Waals surface area contributed by atoms with E-state index < -0.39 is 23.7 Å². The number of hydrogen-bond acceptors (Lipinski definition) is 2. The van der Waals surface area contributed by atoms with Gasteiger partial charge in [0.05, 0.1) is 15.6 Å². The Hall–Kier alpha value is -1.33. The number of amides is 1. The zero-order chi connectivity index (χ0) is 15.4. The van der Waals surface area contributed by atoms with E-state index in [0.29, 0.717) is 6.42 Å². The molecule has 1 aromatic carbocycles. The molecule has 0 saturated carbocycles. The highest BCUT2D eigenvalue weighted by Gasteiger charge is 2.26. The molecular weight excluding hydrogens is 308 g/mol. The molecular formula is C13H14Cl2FNO3. The Kier molecular flexibility index (Phi) is 5.77. The number of carbonyl (C=O) groups is 2. The Bertz CT molecular complexity index is 537. The summed E-state index contributed by atoms with van der Waals surface area (Å²) in [6, 6.07) is 0.921. The van der Waals surface area contributed by atoms with Gasteiger partial charge in [-0.25, -0.2) is 9.18 Å². The van der Waals surface area contributed by atoms with Crippen molar-refractivity contribution in [1.82, 2.24) is 5.32 Å². The number of carboxylic acids is 1. The molecule has 7 heteroatoms. The molecule has 20 heavy (non-hydrogen) atoms. The number of nitrogens with one attached hydrogen (secondary N) is 1. The van der Waals surface area contributed by atoms with Gasteiger partial charge in [-0.05, 0) is 18.1 Å². The van der Waals surface area contributed by atoms with Crippen LogP contribution in [0.4, 0.5) is 4.39 Å². The monoisotopic (exact) mass is 321 g/mol. The predicted molar refractivity (Wildman–Crippen MR) is 74.8 cm³/mol. The fourth-order valence-corrected chi connectivity index (χ4v) is 2.07. The molecule has 0 bridgehead atoms. The Balaban J connectivity index is 3.01. The van der Waals surface area contributed by atoms with Crippen molar-refractivity contribution in [2.45, 2.75) is 26.3 Å². The molecule has 2 N–H and O–H groups in total. The zero-order valence-electron chi connectivity index (χ0n) is 10.9. The molecule has 0 saturated heterocycles. The van der Waals surface area contributed by atoms with Crippen LogP contribution in [0.1, 0.15) is 30.6 Å². The molecule has 1 amide bonds. The van der Waals surface area contributed by atoms with Crippen LogP contribution in [0.3, 0.4) is 0 Å². The van der Waals surface area contributed by atoms with E-state index >= 15 is 0 Å². The highest BCUT2D eigenvalue weighted by molar-refractivity contribution is 6.36. The molecule has 0 aliphatic carbocycles. The lowest BCUT2D eigenvalue weighted by atomic mass is 9.99. The van der Waals surface area contributed by atoms with Crippen LogP contribution in [0, 0.1) is 11.7 Å². The first-order valence-electron chi connectivity index (χ1n) is 5.96. The minimum Gasteiger partial charge on any atom is -0.480 e. The highest BCUT2D eigenvalue weighted by Crippen LogP contribution is 2.24. The van der Waals surface area contributed by atoms with Crippen molar-refractivity contribution in [1.29, 1.82) is 0 Å². The average Bonchev–Trinajstić information content (AvgIpc) is 2.38. The van der Waals surface area contributed by atoms with Crippen molar-refractivity contribution in [2.24, 2.45) is 5.92 Å². The van der Waals surface area contributed by atoms with E-state index in [-0.39, 0.29) is 21.5 Å². The van der Waals surface area contributed by atoms with E-state index in [4.69, 9.17) is 28.3 Å². The quantitative estimate of drug-likeness (QED) is 0.817. The van der Waals surface area contributed by atoms with Gasteiger partial charge in [0.15, 0.2) is 0 Å². The van der Waals surface area contributed by atoms with E-state index in [1.807, 2.05) is 6.92 Å². The third-order valence-electron chi connectivity index (χ3n) is 3.02. The normalized spacial score (nSPS) is 13.7. The van der Waals surface area contributed by atoms with Gasteiger partial charge < -0.3 is 10.4 Å². The Morgan fingerprint density at radius 2 is 1.95 bits per heavy atom. The maximum absolute atomic E-state index is 13.4. The van der Waals surface area contributed by atoms with E-state index in [1.54, 1.807) is 6.92 Å². The first-order chi connectivity index (χ1) is 9.27. The van der Waals surface area contributed by atoms with Crippen molar-refractivity contribution in [3.05, 3.63) is 33.6 Å². The van der Waals surface area contributed by atoms with Crippen molar-refractivity contribution in [3.8, 4) is 0 Å². The first kappa shape index (κ1) is 16.7. The van der Waals surface area contributed by atoms with E-state index in [9.17, 15) is 14.0 Å². The van der Waals surface area contributed by atoms with Crippen LogP contribution in [0.15, 0.2) is 12.1 Å². The summed E-state index contributed by atoms with van der Waals surface area (Å²) in [5, 5.41) is 11.2. The fourth-order valence-electron chi connectivity index (χ4n) is 1.60. The van der Waals surface area contributed by atoms with Crippen LogP contribution in [0.2, 0.25) is 10.0 Å². The van der Waals surface area contributed by atoms with Crippen molar-refractivity contribution in [3.63, 3.8) is 0 Å². The number of halogens is 3. The van der Waals surface area contributed by atoms with E-state index in [0.717, 1.165) is 12.1 Å². The standard InChI is InChI=1S/C13H14Cl2FNO3/c1-3-6(2)11(13(19)20)17-12(18)7-4-10(16)9(15)5-8(7)14/h4-6,11H,3H2,1-2H3,(H,17,18)(H,19,20)/t6?,11-/m0/s1. The van der Waals surface area contributed by atoms with Gasteiger partial charge in [-0.2, -0.15) is 0 Å². The first-order valence-corrected chi connectivity index (χ1v) is 6.71. The molecule has 110 valence electrons. The molecule has 0 fully saturated rings. The van der Waals surface area contributed by atoms with Crippen molar-refractivity contribution >= 4 is 35.1 Å². The average molecular weight is 322 g/mol. The number of rotatable bonds is 5. The molecule has 1 unspecified atom stereocenters. The molecule has 1 rings (SSSR count). The zero-order valence-corrected chi connectivity index (χ0v) is 12.4. The number of benzene rings is 1. The molecule has 0 heterocycles. The van der Waals surface area contributed by atoms with Gasteiger partial charge in [-0.1, -0.05) is 43.5 Å². The Labute approximate surface area is 125 Å². The largest absolute Gasteiger partial charge is 0.480 e. The van der Waals surface area contributed by atoms with Crippen LogP contribution in [0.25, 0.3) is 0 Å². The topological polar surface area (TPSA) is 66.4 Å². The van der Waals surface area contributed by atoms with Crippen LogP contribution in [-0.4, -0.2) is 23.0 Å². The van der Waals surface area contributed by atoms with Gasteiger partial charge in [0, 0.05) is 0 Å². The van der Waals surface area contributed by atoms with Gasteiger partial charge in [0.25, 0.3) is 5.91 Å². The maximum Gasteiger partial charge on any atom is 0.326 e. The van der Waals surface area contributed by atoms with Crippen molar-refractivity contribution in [2.75, 3.05) is 0 Å². The fraction of sp³-hybridized carbons (Fsp3) is 0.385. The van der Waals surface area contributed by atoms with Gasteiger partial charge in [-0.3, -0.25) is 4.79 Å². The molecule has 4 nitrogen and oxygen atoms in total. The molecule has 1 aromatic rings. The van der Waals surface area contributed by atoms with Crippen LogP contribution >= 0.6 is 23.2 Å². The second-order valence-corrected chi connectivity index (χ2v) is 5.24. The van der Waals surface area contributed by atoms with Gasteiger partial charge in [-0.15, -0.1) is 0 Å². The number of hydrogen-bond donors (Lipinski definition) is 2. The summed E-state index contributed by atoms with van der Waals surface area (Å²) in [5.41, 5.74) is -0.150. The SMILES string of the molecule is CCC(C)[C@H](NC(=O)c1cc(F)c(Cl)cc1Cl)C(=O)O. The van der Waals surface area contributed by atoms with Crippen LogP contribution < -0.4 is 5.32 Å². The maximum atomic E-state index is 13.4. The lowest BCUT2D eigenvalue weighted by Crippen LogP contribution is -2.45. The summed E-state index contributed by atoms with van der Waals surface area (Å²) in [4.78, 5) is 23.1. The van der Waals surface area contributed by atoms with E-state index in [2.05, 4.69) is 5.32 Å². The summed E-state index contributed by atoms with van der Waals surface area (Å²) in [6.45, 7) is 3.50. The smallest absolute Gasteiger partial charge is 0.326 e. The number of carboxylic acid groups (broad SMARTS) is 1. The van der Waals surface area contributed by atoms with Gasteiger partial charge in [0.1, 0.15) is 11.9 Å². The van der Waals surface area contributed by atoms with E-state index in [1.165, 1.54) is 0 Å². The summed E-state index contributed by atoms with van der Waals surface area (Å²) in [7, 11) is 0. The minimum absolute atomic E-state index is 0.0396. The van der Waals surface area contributed by atoms with Crippen molar-refractivity contribution < 1.29 is 19.1 Å². The molecule has 0 aromatic heterocycles. The van der Waals surface area contributed by atoms with Gasteiger partial charge in [0.2, 0.25) is 0 Å². The summed E-state index contributed by atoms with van der Waals surface area (Å²) >= 11 is 11.3. The summed E-state index contributed by atoms with van der Waals surface area (Å²) in [6.07, 6.45) is 0.569. The third kappa shape index (κ3) is 3.84. The second kappa shape index (κ2) is 6.90. The van der Waals surface area contributed by atoms with Crippen LogP contribution in [0.5, 0.6) is 0 Å². The molecule has 0 aliphatic heterocycles. The number of aliphatic carboxylic acids is 1. The Morgan fingerprint density at radius 1 is 1.35 bits per heavy atom. The predicted octanol–water partition coefficient (Wildman–Crippen LogP) is 3.36. The molecule has 0 aliphatic rings. The lowest BCUT2D eigenvalue weighted by Gasteiger charge is -2.20. The molecule has 0 radical (unpaired) electrons. The van der Waals surface area contributed by atoms with Crippen LogP contribution in [-0.2, 0) is 4.79 Å². The Morgan fingerprint density at radius 3 is 2.45 bits per heavy atom. The van der Waals surface area contributed by atoms with Gasteiger partial charge >= 0.3 is 5.97 Å². The highest BCUT2D eigenvalue weighted by atomic mass is 35.5. The second-order valence-electron chi connectivity index (χ2n) is 4.42. The minimum atomic E-state index is -1.15. The third-order valence-corrected chi connectivity index (χ3v) is 3.62. The lowest BCUT2D eigenvalue weighted by molar-refractivity contribution is -0.140. The summed E-state index contributed by atoms with van der Waals surface area (Å²) < 4.78 is 13.4.